The number of aryl methyl sites for hydroxylation is 1. The van der Waals surface area contributed by atoms with Gasteiger partial charge in [-0.1, -0.05) is 39.7 Å². The molecule has 0 aromatic heterocycles. The molecule has 2 rings (SSSR count). The van der Waals surface area contributed by atoms with Gasteiger partial charge in [-0.3, -0.25) is 0 Å². The number of halogens is 2. The number of hydrogen-bond acceptors (Lipinski definition) is 1. The van der Waals surface area contributed by atoms with Gasteiger partial charge in [0.2, 0.25) is 0 Å². The first kappa shape index (κ1) is 13.9. The highest BCUT2D eigenvalue weighted by Crippen LogP contribution is 2.21. The van der Waals surface area contributed by atoms with Crippen molar-refractivity contribution in [1.82, 2.24) is 0 Å². The molecule has 0 unspecified atom stereocenters. The number of carbonyl (C=O) groups is 1. The molecule has 0 fully saturated rings. The maximum absolute atomic E-state index is 11.9. The SMILES string of the molecule is Cc1ccc(Br)cc1NC(=O)Nc1cccc(Cl)c1. The number of anilines is 2. The fourth-order valence-electron chi connectivity index (χ4n) is 1.58. The average Bonchev–Trinajstić information content (AvgIpc) is 2.34. The van der Waals surface area contributed by atoms with Crippen LogP contribution in [0.2, 0.25) is 5.02 Å². The van der Waals surface area contributed by atoms with E-state index >= 15 is 0 Å². The molecule has 2 amide bonds. The molecule has 0 atom stereocenters. The highest BCUT2D eigenvalue weighted by molar-refractivity contribution is 9.10. The molecule has 0 spiro atoms. The van der Waals surface area contributed by atoms with Crippen molar-refractivity contribution in [1.29, 1.82) is 0 Å². The van der Waals surface area contributed by atoms with E-state index < -0.39 is 0 Å². The molecule has 5 heteroatoms. The van der Waals surface area contributed by atoms with E-state index in [2.05, 4.69) is 26.6 Å². The van der Waals surface area contributed by atoms with Crippen molar-refractivity contribution in [3.63, 3.8) is 0 Å². The minimum atomic E-state index is -0.302. The maximum atomic E-state index is 11.9. The summed E-state index contributed by atoms with van der Waals surface area (Å²) >= 11 is 9.23. The van der Waals surface area contributed by atoms with Crippen LogP contribution in [0.25, 0.3) is 0 Å². The molecule has 0 saturated carbocycles. The van der Waals surface area contributed by atoms with Gasteiger partial charge in [-0.15, -0.1) is 0 Å². The Labute approximate surface area is 125 Å². The molecule has 2 aromatic carbocycles. The van der Waals surface area contributed by atoms with Crippen LogP contribution in [0.5, 0.6) is 0 Å². The molecule has 0 bridgehead atoms. The maximum Gasteiger partial charge on any atom is 0.323 e. The lowest BCUT2D eigenvalue weighted by Gasteiger charge is -2.10. The third kappa shape index (κ3) is 3.98. The molecule has 0 aliphatic rings. The lowest BCUT2D eigenvalue weighted by Crippen LogP contribution is -2.19. The monoisotopic (exact) mass is 338 g/mol. The predicted octanol–water partition coefficient (Wildman–Crippen LogP) is 5.05. The second-order valence-corrected chi connectivity index (χ2v) is 5.40. The van der Waals surface area contributed by atoms with E-state index in [0.29, 0.717) is 10.7 Å². The Morgan fingerprint density at radius 1 is 1.16 bits per heavy atom. The highest BCUT2D eigenvalue weighted by Gasteiger charge is 2.05. The molecule has 2 N–H and O–H groups in total. The van der Waals surface area contributed by atoms with Crippen molar-refractivity contribution < 1.29 is 4.79 Å². The molecule has 98 valence electrons. The first-order valence-corrected chi connectivity index (χ1v) is 6.81. The van der Waals surface area contributed by atoms with Crippen LogP contribution in [0.15, 0.2) is 46.9 Å². The van der Waals surface area contributed by atoms with E-state index in [0.717, 1.165) is 15.7 Å². The summed E-state index contributed by atoms with van der Waals surface area (Å²) in [5.41, 5.74) is 2.40. The second kappa shape index (κ2) is 6.08. The Morgan fingerprint density at radius 3 is 2.68 bits per heavy atom. The third-order valence-electron chi connectivity index (χ3n) is 2.53. The van der Waals surface area contributed by atoms with Crippen LogP contribution in [-0.4, -0.2) is 6.03 Å². The van der Waals surface area contributed by atoms with Crippen molar-refractivity contribution in [2.24, 2.45) is 0 Å². The normalized spacial score (nSPS) is 10.1. The Morgan fingerprint density at radius 2 is 1.95 bits per heavy atom. The first-order chi connectivity index (χ1) is 9.04. The zero-order valence-corrected chi connectivity index (χ0v) is 12.5. The summed E-state index contributed by atoms with van der Waals surface area (Å²) in [5.74, 6) is 0. The number of amides is 2. The second-order valence-electron chi connectivity index (χ2n) is 4.05. The molecule has 3 nitrogen and oxygen atoms in total. The van der Waals surface area contributed by atoms with Crippen LogP contribution in [0.3, 0.4) is 0 Å². The molecule has 19 heavy (non-hydrogen) atoms. The first-order valence-electron chi connectivity index (χ1n) is 5.64. The molecule has 0 aliphatic heterocycles. The minimum absolute atomic E-state index is 0.302. The fraction of sp³-hybridized carbons (Fsp3) is 0.0714. The zero-order valence-electron chi connectivity index (χ0n) is 10.2. The highest BCUT2D eigenvalue weighted by atomic mass is 79.9. The van der Waals surface area contributed by atoms with Crippen molar-refractivity contribution in [2.45, 2.75) is 6.92 Å². The van der Waals surface area contributed by atoms with Gasteiger partial charge in [0.15, 0.2) is 0 Å². The van der Waals surface area contributed by atoms with Gasteiger partial charge >= 0.3 is 6.03 Å². The summed E-state index contributed by atoms with van der Waals surface area (Å²) in [5, 5.41) is 6.10. The number of urea groups is 1. The fourth-order valence-corrected chi connectivity index (χ4v) is 2.13. The summed E-state index contributed by atoms with van der Waals surface area (Å²) in [4.78, 5) is 11.9. The summed E-state index contributed by atoms with van der Waals surface area (Å²) in [7, 11) is 0. The van der Waals surface area contributed by atoms with E-state index in [1.165, 1.54) is 0 Å². The molecule has 0 saturated heterocycles. The Balaban J connectivity index is 2.07. The number of rotatable bonds is 2. The van der Waals surface area contributed by atoms with E-state index in [1.807, 2.05) is 25.1 Å². The van der Waals surface area contributed by atoms with Crippen LogP contribution in [0, 0.1) is 6.92 Å². The van der Waals surface area contributed by atoms with Gasteiger partial charge in [0.05, 0.1) is 0 Å². The summed E-state index contributed by atoms with van der Waals surface area (Å²) in [6.07, 6.45) is 0. The molecule has 0 radical (unpaired) electrons. The minimum Gasteiger partial charge on any atom is -0.308 e. The molecular weight excluding hydrogens is 328 g/mol. The Hall–Kier alpha value is -1.52. The lowest BCUT2D eigenvalue weighted by atomic mass is 10.2. The smallest absolute Gasteiger partial charge is 0.308 e. The van der Waals surface area contributed by atoms with Crippen LogP contribution in [-0.2, 0) is 0 Å². The van der Waals surface area contributed by atoms with E-state index in [9.17, 15) is 4.79 Å². The molecular formula is C14H12BrClN2O. The topological polar surface area (TPSA) is 41.1 Å². The number of carbonyl (C=O) groups excluding carboxylic acids is 1. The summed E-state index contributed by atoms with van der Waals surface area (Å²) < 4.78 is 0.913. The number of benzene rings is 2. The van der Waals surface area contributed by atoms with Crippen molar-refractivity contribution >= 4 is 44.9 Å². The standard InChI is InChI=1S/C14H12BrClN2O/c1-9-5-6-10(15)7-13(9)18-14(19)17-12-4-2-3-11(16)8-12/h2-8H,1H3,(H2,17,18,19). The van der Waals surface area contributed by atoms with Crippen molar-refractivity contribution in [3.8, 4) is 0 Å². The van der Waals surface area contributed by atoms with Gasteiger partial charge in [-0.2, -0.15) is 0 Å². The summed E-state index contributed by atoms with van der Waals surface area (Å²) in [6.45, 7) is 1.93. The quantitative estimate of drug-likeness (QED) is 0.789. The van der Waals surface area contributed by atoms with Crippen LogP contribution in [0.4, 0.5) is 16.2 Å². The predicted molar refractivity (Wildman–Crippen MR) is 83.0 cm³/mol. The van der Waals surface area contributed by atoms with E-state index in [4.69, 9.17) is 11.6 Å². The summed E-state index contributed by atoms with van der Waals surface area (Å²) in [6, 6.07) is 12.4. The van der Waals surface area contributed by atoms with Gasteiger partial charge in [-0.25, -0.2) is 4.79 Å². The van der Waals surface area contributed by atoms with Gasteiger partial charge in [0, 0.05) is 20.9 Å². The third-order valence-corrected chi connectivity index (χ3v) is 3.26. The van der Waals surface area contributed by atoms with E-state index in [-0.39, 0.29) is 6.03 Å². The van der Waals surface area contributed by atoms with Crippen LogP contribution < -0.4 is 10.6 Å². The molecule has 0 heterocycles. The van der Waals surface area contributed by atoms with Crippen molar-refractivity contribution in [3.05, 3.63) is 57.5 Å². The Kier molecular flexibility index (Phi) is 4.45. The largest absolute Gasteiger partial charge is 0.323 e. The van der Waals surface area contributed by atoms with Gasteiger partial charge < -0.3 is 10.6 Å². The van der Waals surface area contributed by atoms with Crippen molar-refractivity contribution in [2.75, 3.05) is 10.6 Å². The van der Waals surface area contributed by atoms with Crippen LogP contribution >= 0.6 is 27.5 Å². The lowest BCUT2D eigenvalue weighted by molar-refractivity contribution is 0.262. The number of nitrogens with one attached hydrogen (secondary N) is 2. The van der Waals surface area contributed by atoms with Gasteiger partial charge in [0.1, 0.15) is 0 Å². The van der Waals surface area contributed by atoms with Gasteiger partial charge in [-0.05, 0) is 42.8 Å². The van der Waals surface area contributed by atoms with E-state index in [1.54, 1.807) is 24.3 Å². The number of hydrogen-bond donors (Lipinski definition) is 2. The molecule has 2 aromatic rings. The Bertz CT molecular complexity index is 616. The van der Waals surface area contributed by atoms with Crippen LogP contribution in [0.1, 0.15) is 5.56 Å². The van der Waals surface area contributed by atoms with Gasteiger partial charge in [0.25, 0.3) is 0 Å². The average molecular weight is 340 g/mol. The zero-order chi connectivity index (χ0) is 13.8. The molecule has 0 aliphatic carbocycles.